The number of hydrogen-bond donors (Lipinski definition) is 2. The van der Waals surface area contributed by atoms with Gasteiger partial charge in [-0.1, -0.05) is 40.9 Å². The number of ether oxygens (including phenoxy) is 6. The van der Waals surface area contributed by atoms with Crippen LogP contribution in [0.15, 0.2) is 6.07 Å². The van der Waals surface area contributed by atoms with Crippen LogP contribution in [0.3, 0.4) is 0 Å². The minimum Gasteiger partial charge on any atom is -0.504 e. The standard InChI is InChI=1S/C34H35Cl3N4O10S/c1-13-6-16-7-18-19(8-38)41-20-9-47-32(44)17(39-33(45)48-11-34(35,36)37)10-52-31(25(41)24(40(18)4)21(16)26(43)27(13)46-5)23-22(20)30-29(49-12-50-30)14(2)28(23)51-15(3)42/h6,17-20,24-25,31,43H,7,9-12H2,1-5H3,(H,39,45)/t17-,18-,19-,20-,24+,25?,31+/m0/s1. The number of halogens is 3. The first-order chi connectivity index (χ1) is 24.7. The number of nitriles is 1. The summed E-state index contributed by atoms with van der Waals surface area (Å²) in [4.78, 5) is 43.4. The van der Waals surface area contributed by atoms with Gasteiger partial charge in [0.2, 0.25) is 10.6 Å². The molecule has 7 rings (SSSR count). The van der Waals surface area contributed by atoms with E-state index in [-0.39, 0.29) is 36.7 Å². The van der Waals surface area contributed by atoms with E-state index in [0.717, 1.165) is 11.1 Å². The summed E-state index contributed by atoms with van der Waals surface area (Å²) in [6.45, 7) is 3.97. The zero-order chi connectivity index (χ0) is 37.4. The highest BCUT2D eigenvalue weighted by molar-refractivity contribution is 7.99. The van der Waals surface area contributed by atoms with Crippen LogP contribution >= 0.6 is 46.6 Å². The van der Waals surface area contributed by atoms with Crippen LogP contribution in [0.4, 0.5) is 4.79 Å². The molecule has 52 heavy (non-hydrogen) atoms. The topological polar surface area (TPSA) is 169 Å². The molecule has 0 saturated carbocycles. The molecule has 2 N–H and O–H groups in total. The summed E-state index contributed by atoms with van der Waals surface area (Å²) in [6, 6.07) is 0.309. The number of alkyl halides is 3. The maximum absolute atomic E-state index is 13.7. The van der Waals surface area contributed by atoms with E-state index in [1.807, 2.05) is 20.0 Å². The number of aromatic hydroxyl groups is 1. The normalized spacial score (nSPS) is 27.7. The number of cyclic esters (lactones) is 1. The first-order valence-corrected chi connectivity index (χ1v) is 18.6. The van der Waals surface area contributed by atoms with E-state index in [1.54, 1.807) is 6.92 Å². The number of likely N-dealkylation sites (N-methyl/N-ethyl adjacent to an activating group) is 1. The Balaban J connectivity index is 1.45. The third-order valence-corrected chi connectivity index (χ3v) is 12.0. The number of benzene rings is 2. The van der Waals surface area contributed by atoms with E-state index in [9.17, 15) is 24.8 Å². The van der Waals surface area contributed by atoms with Crippen molar-refractivity contribution in [2.45, 2.75) is 72.5 Å². The van der Waals surface area contributed by atoms with Gasteiger partial charge in [0.05, 0.1) is 30.5 Å². The third-order valence-electron chi connectivity index (χ3n) is 10.3. The number of carbonyl (C=O) groups is 3. The van der Waals surface area contributed by atoms with Gasteiger partial charge < -0.3 is 38.8 Å². The van der Waals surface area contributed by atoms with Gasteiger partial charge in [0.1, 0.15) is 31.0 Å². The number of carbonyl (C=O) groups excluding carboxylic acids is 3. The predicted octanol–water partition coefficient (Wildman–Crippen LogP) is 4.70. The zero-order valence-corrected chi connectivity index (χ0v) is 31.7. The van der Waals surface area contributed by atoms with E-state index in [1.165, 1.54) is 25.8 Å². The Labute approximate surface area is 318 Å². The fourth-order valence-electron chi connectivity index (χ4n) is 8.40. The first-order valence-electron chi connectivity index (χ1n) is 16.4. The second kappa shape index (κ2) is 13.7. The highest BCUT2D eigenvalue weighted by atomic mass is 35.6. The van der Waals surface area contributed by atoms with Crippen molar-refractivity contribution in [3.8, 4) is 34.8 Å². The molecule has 2 fully saturated rings. The van der Waals surface area contributed by atoms with Gasteiger partial charge in [0, 0.05) is 47.0 Å². The number of hydrogen-bond acceptors (Lipinski definition) is 14. The molecule has 1 unspecified atom stereocenters. The molecule has 278 valence electrons. The number of nitrogens with zero attached hydrogens (tertiary/aromatic N) is 3. The van der Waals surface area contributed by atoms with Crippen LogP contribution in [-0.2, 0) is 25.5 Å². The Hall–Kier alpha value is -3.52. The molecule has 2 aromatic rings. The number of phenolic OH excluding ortho intramolecular Hbond substituents is 1. The van der Waals surface area contributed by atoms with Crippen LogP contribution in [0, 0.1) is 25.2 Å². The van der Waals surface area contributed by atoms with Crippen molar-refractivity contribution in [2.75, 3.05) is 39.9 Å². The molecule has 0 radical (unpaired) electrons. The van der Waals surface area contributed by atoms with E-state index >= 15 is 0 Å². The largest absolute Gasteiger partial charge is 0.504 e. The van der Waals surface area contributed by atoms with E-state index in [2.05, 4.69) is 21.2 Å². The SMILES string of the molecule is COc1c(C)cc2c(c1O)[C@@H]1C3[C@@H]4SC[C@H](NC(=O)OCC(Cl)(Cl)Cl)C(=O)OC[C@@H](c5c6c(c(C)c(OC(C)=O)c54)OCO6)N3[C@@H](C#N)[C@H](C2)N1C. The highest BCUT2D eigenvalue weighted by Crippen LogP contribution is 2.64. The Morgan fingerprint density at radius 1 is 1.15 bits per heavy atom. The molecule has 0 aliphatic carbocycles. The molecule has 0 spiro atoms. The van der Waals surface area contributed by atoms with Crippen LogP contribution in [0.1, 0.15) is 57.6 Å². The molecule has 7 atom stereocenters. The molecular formula is C34H35Cl3N4O10S. The molecule has 5 aliphatic rings. The van der Waals surface area contributed by atoms with E-state index in [4.69, 9.17) is 63.2 Å². The van der Waals surface area contributed by atoms with Gasteiger partial charge >= 0.3 is 18.0 Å². The smallest absolute Gasteiger partial charge is 0.408 e. The van der Waals surface area contributed by atoms with Crippen molar-refractivity contribution in [1.82, 2.24) is 15.1 Å². The van der Waals surface area contributed by atoms with Crippen molar-refractivity contribution in [2.24, 2.45) is 0 Å². The average molecular weight is 798 g/mol. The number of methoxy groups -OCH3 is 1. The maximum Gasteiger partial charge on any atom is 0.408 e. The maximum atomic E-state index is 13.7. The van der Waals surface area contributed by atoms with Gasteiger partial charge in [0.25, 0.3) is 0 Å². The Bertz CT molecular complexity index is 1900. The lowest BCUT2D eigenvalue weighted by molar-refractivity contribution is -0.151. The van der Waals surface area contributed by atoms with Crippen molar-refractivity contribution in [3.63, 3.8) is 0 Å². The molecular weight excluding hydrogens is 763 g/mol. The molecule has 14 nitrogen and oxygen atoms in total. The van der Waals surface area contributed by atoms with Crippen LogP contribution in [0.5, 0.6) is 28.7 Å². The lowest BCUT2D eigenvalue weighted by Gasteiger charge is -2.61. The number of piperazine rings is 1. The van der Waals surface area contributed by atoms with Gasteiger partial charge in [-0.05, 0) is 38.4 Å². The van der Waals surface area contributed by atoms with Gasteiger partial charge in [-0.15, -0.1) is 11.8 Å². The molecule has 4 bridgehead atoms. The van der Waals surface area contributed by atoms with Gasteiger partial charge in [0.15, 0.2) is 23.0 Å². The molecule has 2 saturated heterocycles. The number of thioether (sulfide) groups is 1. The van der Waals surface area contributed by atoms with Crippen molar-refractivity contribution >= 4 is 64.6 Å². The van der Waals surface area contributed by atoms with Crippen LogP contribution in [0.2, 0.25) is 0 Å². The van der Waals surface area contributed by atoms with Crippen LogP contribution < -0.4 is 24.3 Å². The number of alkyl carbamates (subject to hydrolysis) is 1. The number of esters is 2. The molecule has 5 aliphatic heterocycles. The number of rotatable bonds is 4. The lowest BCUT2D eigenvalue weighted by atomic mass is 9.71. The summed E-state index contributed by atoms with van der Waals surface area (Å²) < 4.78 is 32.8. The lowest BCUT2D eigenvalue weighted by Crippen LogP contribution is -2.69. The summed E-state index contributed by atoms with van der Waals surface area (Å²) in [5, 5.41) is 24.7. The Kier molecular flexibility index (Phi) is 9.71. The fourth-order valence-corrected chi connectivity index (χ4v) is 10.1. The van der Waals surface area contributed by atoms with Gasteiger partial charge in [-0.25, -0.2) is 9.59 Å². The number of fused-ring (bicyclic) bond motifs is 9. The van der Waals surface area contributed by atoms with Crippen LogP contribution in [0.25, 0.3) is 0 Å². The predicted molar refractivity (Wildman–Crippen MR) is 188 cm³/mol. The minimum atomic E-state index is -1.88. The number of nitrogens with one attached hydrogen (secondary N) is 1. The van der Waals surface area contributed by atoms with Gasteiger partial charge in [-0.2, -0.15) is 5.26 Å². The summed E-state index contributed by atoms with van der Waals surface area (Å²) in [7, 11) is 3.42. The first kappa shape index (κ1) is 36.8. The highest BCUT2D eigenvalue weighted by Gasteiger charge is 2.60. The van der Waals surface area contributed by atoms with E-state index < -0.39 is 63.9 Å². The van der Waals surface area contributed by atoms with Crippen molar-refractivity contribution < 1.29 is 47.9 Å². The van der Waals surface area contributed by atoms with Crippen molar-refractivity contribution in [3.05, 3.63) is 39.4 Å². The Morgan fingerprint density at radius 3 is 2.56 bits per heavy atom. The molecule has 2 aromatic carbocycles. The average Bonchev–Trinajstić information content (AvgIpc) is 3.57. The quantitative estimate of drug-likeness (QED) is 0.248. The summed E-state index contributed by atoms with van der Waals surface area (Å²) in [5.74, 6) is -0.00818. The summed E-state index contributed by atoms with van der Waals surface area (Å²) in [5.41, 5.74) is 3.97. The molecule has 18 heteroatoms. The molecule has 5 heterocycles. The number of phenols is 1. The zero-order valence-electron chi connectivity index (χ0n) is 28.7. The number of amides is 1. The molecule has 0 aromatic heterocycles. The fraction of sp³-hybridized carbons (Fsp3) is 0.529. The van der Waals surface area contributed by atoms with Gasteiger partial charge in [-0.3, -0.25) is 14.6 Å². The third kappa shape index (κ3) is 6.01. The number of aryl methyl sites for hydroxylation is 1. The second-order valence-corrected chi connectivity index (χ2v) is 17.0. The van der Waals surface area contributed by atoms with E-state index in [0.29, 0.717) is 45.9 Å². The van der Waals surface area contributed by atoms with Crippen molar-refractivity contribution in [1.29, 1.82) is 5.26 Å². The Morgan fingerprint density at radius 2 is 1.88 bits per heavy atom. The minimum absolute atomic E-state index is 0.00825. The summed E-state index contributed by atoms with van der Waals surface area (Å²) in [6.07, 6.45) is -0.553. The monoisotopic (exact) mass is 796 g/mol. The summed E-state index contributed by atoms with van der Waals surface area (Å²) >= 11 is 18.6. The van der Waals surface area contributed by atoms with Crippen LogP contribution in [-0.4, -0.2) is 101 Å². The second-order valence-electron chi connectivity index (χ2n) is 13.3. The molecule has 1 amide bonds.